The number of nitrogens with zero attached hydrogens (tertiary/aromatic N) is 3. The number of carbonyl (C=O) groups excluding carboxylic acids is 5. The van der Waals surface area contributed by atoms with E-state index in [2.05, 4.69) is 15.5 Å². The second-order valence-corrected chi connectivity index (χ2v) is 9.03. The molecule has 1 aromatic carbocycles. The van der Waals surface area contributed by atoms with Gasteiger partial charge in [-0.2, -0.15) is 0 Å². The molecule has 5 rings (SSSR count). The Morgan fingerprint density at radius 2 is 1.73 bits per heavy atom. The zero-order valence-electron chi connectivity index (χ0n) is 18.3. The van der Waals surface area contributed by atoms with Gasteiger partial charge >= 0.3 is 0 Å². The Bertz CT molecular complexity index is 1030. The molecule has 10 heteroatoms. The number of hydrogen-bond acceptors (Lipinski definition) is 7. The van der Waals surface area contributed by atoms with E-state index in [4.69, 9.17) is 0 Å². The van der Waals surface area contributed by atoms with E-state index in [1.54, 1.807) is 12.1 Å². The highest BCUT2D eigenvalue weighted by molar-refractivity contribution is 6.23. The van der Waals surface area contributed by atoms with Crippen LogP contribution in [0.25, 0.3) is 0 Å². The highest BCUT2D eigenvalue weighted by Gasteiger charge is 2.44. The minimum absolute atomic E-state index is 0.0898. The number of piperazine rings is 1. The van der Waals surface area contributed by atoms with Gasteiger partial charge in [0.15, 0.2) is 0 Å². The van der Waals surface area contributed by atoms with E-state index in [0.717, 1.165) is 56.0 Å². The molecule has 4 aliphatic heterocycles. The number of benzene rings is 1. The Balaban J connectivity index is 1.31. The SMILES string of the molecule is O=C1CCC(N2C(=O)c3ccc(CN4CCC[C@H]4C(=O)N4CCNCC4)cc3C2=O)C(=O)N1. The number of nitrogens with one attached hydrogen (secondary N) is 2. The lowest BCUT2D eigenvalue weighted by atomic mass is 10.0. The van der Waals surface area contributed by atoms with E-state index in [1.807, 2.05) is 11.0 Å². The average molecular weight is 453 g/mol. The van der Waals surface area contributed by atoms with Crippen molar-refractivity contribution in [2.75, 3.05) is 32.7 Å². The van der Waals surface area contributed by atoms with E-state index in [9.17, 15) is 24.0 Å². The predicted molar refractivity (Wildman–Crippen MR) is 116 cm³/mol. The maximum atomic E-state index is 13.1. The molecule has 0 saturated carbocycles. The number of rotatable bonds is 4. The standard InChI is InChI=1S/C23H27N5O5/c29-19-6-5-17(20(30)25-19)28-21(31)15-4-3-14(12-16(15)22(28)32)13-27-9-1-2-18(27)23(33)26-10-7-24-8-11-26/h3-4,12,17-18,24H,1-2,5-11,13H2,(H,25,29,30)/t17?,18-/m0/s1. The summed E-state index contributed by atoms with van der Waals surface area (Å²) < 4.78 is 0. The zero-order valence-corrected chi connectivity index (χ0v) is 18.3. The van der Waals surface area contributed by atoms with Crippen LogP contribution >= 0.6 is 0 Å². The van der Waals surface area contributed by atoms with Crippen molar-refractivity contribution in [3.8, 4) is 0 Å². The molecule has 10 nitrogen and oxygen atoms in total. The third-order valence-corrected chi connectivity index (χ3v) is 6.97. The molecular weight excluding hydrogens is 426 g/mol. The molecule has 2 N–H and O–H groups in total. The summed E-state index contributed by atoms with van der Waals surface area (Å²) in [4.78, 5) is 67.7. The van der Waals surface area contributed by atoms with Crippen LogP contribution in [0.5, 0.6) is 0 Å². The van der Waals surface area contributed by atoms with Gasteiger partial charge in [-0.25, -0.2) is 0 Å². The Labute approximate surface area is 191 Å². The Morgan fingerprint density at radius 1 is 0.970 bits per heavy atom. The average Bonchev–Trinajstić information content (AvgIpc) is 3.37. The topological polar surface area (TPSA) is 119 Å². The molecule has 0 spiro atoms. The van der Waals surface area contributed by atoms with Gasteiger partial charge < -0.3 is 10.2 Å². The highest BCUT2D eigenvalue weighted by Crippen LogP contribution is 2.30. The lowest BCUT2D eigenvalue weighted by Crippen LogP contribution is -2.54. The van der Waals surface area contributed by atoms with E-state index < -0.39 is 29.7 Å². The molecule has 4 heterocycles. The summed E-state index contributed by atoms with van der Waals surface area (Å²) in [5.74, 6) is -1.88. The molecule has 4 aliphatic rings. The van der Waals surface area contributed by atoms with E-state index >= 15 is 0 Å². The largest absolute Gasteiger partial charge is 0.339 e. The number of amides is 5. The molecule has 3 saturated heterocycles. The number of hydrogen-bond donors (Lipinski definition) is 2. The van der Waals surface area contributed by atoms with Crippen LogP contribution in [-0.2, 0) is 20.9 Å². The van der Waals surface area contributed by atoms with Crippen molar-refractivity contribution in [1.29, 1.82) is 0 Å². The maximum Gasteiger partial charge on any atom is 0.262 e. The second kappa shape index (κ2) is 8.68. The number of fused-ring (bicyclic) bond motifs is 1. The normalized spacial score (nSPS) is 26.1. The van der Waals surface area contributed by atoms with Crippen LogP contribution in [0.1, 0.15) is 52.0 Å². The molecule has 33 heavy (non-hydrogen) atoms. The summed E-state index contributed by atoms with van der Waals surface area (Å²) in [6, 6.07) is 3.99. The molecule has 0 aliphatic carbocycles. The van der Waals surface area contributed by atoms with Crippen LogP contribution in [0.15, 0.2) is 18.2 Å². The quantitative estimate of drug-likeness (QED) is 0.589. The summed E-state index contributed by atoms with van der Waals surface area (Å²) in [7, 11) is 0. The zero-order chi connectivity index (χ0) is 23.1. The van der Waals surface area contributed by atoms with Gasteiger partial charge in [-0.3, -0.25) is 39.1 Å². The van der Waals surface area contributed by atoms with Crippen LogP contribution in [0.4, 0.5) is 0 Å². The first kappa shape index (κ1) is 21.7. The molecule has 2 atom stereocenters. The van der Waals surface area contributed by atoms with Gasteiger partial charge in [-0.15, -0.1) is 0 Å². The Morgan fingerprint density at radius 3 is 2.48 bits per heavy atom. The minimum Gasteiger partial charge on any atom is -0.339 e. The lowest BCUT2D eigenvalue weighted by molar-refractivity contribution is -0.137. The maximum absolute atomic E-state index is 13.1. The van der Waals surface area contributed by atoms with Gasteiger partial charge in [-0.05, 0) is 43.5 Å². The van der Waals surface area contributed by atoms with Gasteiger partial charge in [0.25, 0.3) is 11.8 Å². The molecule has 3 fully saturated rings. The monoisotopic (exact) mass is 453 g/mol. The fourth-order valence-corrected chi connectivity index (χ4v) is 5.24. The van der Waals surface area contributed by atoms with Gasteiger partial charge in [-0.1, -0.05) is 6.07 Å². The van der Waals surface area contributed by atoms with Gasteiger partial charge in [0.1, 0.15) is 6.04 Å². The number of piperidine rings is 1. The van der Waals surface area contributed by atoms with Crippen molar-refractivity contribution in [3.63, 3.8) is 0 Å². The minimum atomic E-state index is -0.974. The van der Waals surface area contributed by atoms with E-state index in [0.29, 0.717) is 6.54 Å². The summed E-state index contributed by atoms with van der Waals surface area (Å²) in [5, 5.41) is 5.47. The van der Waals surface area contributed by atoms with Crippen LogP contribution in [0.3, 0.4) is 0 Å². The molecular formula is C23H27N5O5. The van der Waals surface area contributed by atoms with Gasteiger partial charge in [0, 0.05) is 39.1 Å². The summed E-state index contributed by atoms with van der Waals surface area (Å²) >= 11 is 0. The van der Waals surface area contributed by atoms with Crippen LogP contribution < -0.4 is 10.6 Å². The number of imide groups is 2. The molecule has 0 bridgehead atoms. The highest BCUT2D eigenvalue weighted by atomic mass is 16.2. The first-order chi connectivity index (χ1) is 15.9. The fourth-order valence-electron chi connectivity index (χ4n) is 5.24. The van der Waals surface area contributed by atoms with Crippen molar-refractivity contribution in [3.05, 3.63) is 34.9 Å². The third kappa shape index (κ3) is 3.93. The van der Waals surface area contributed by atoms with Crippen molar-refractivity contribution in [1.82, 2.24) is 25.3 Å². The van der Waals surface area contributed by atoms with E-state index in [-0.39, 0.29) is 35.9 Å². The van der Waals surface area contributed by atoms with Crippen molar-refractivity contribution < 1.29 is 24.0 Å². The first-order valence-corrected chi connectivity index (χ1v) is 11.5. The summed E-state index contributed by atoms with van der Waals surface area (Å²) in [5.41, 5.74) is 1.38. The molecule has 174 valence electrons. The lowest BCUT2D eigenvalue weighted by Gasteiger charge is -2.33. The summed E-state index contributed by atoms with van der Waals surface area (Å²) in [6.45, 7) is 4.36. The number of carbonyl (C=O) groups is 5. The second-order valence-electron chi connectivity index (χ2n) is 9.03. The van der Waals surface area contributed by atoms with Crippen molar-refractivity contribution in [2.45, 2.75) is 44.3 Å². The third-order valence-electron chi connectivity index (χ3n) is 6.97. The predicted octanol–water partition coefficient (Wildman–Crippen LogP) is -0.516. The smallest absolute Gasteiger partial charge is 0.262 e. The van der Waals surface area contributed by atoms with Gasteiger partial charge in [0.2, 0.25) is 17.7 Å². The van der Waals surface area contributed by atoms with Crippen LogP contribution in [0.2, 0.25) is 0 Å². The van der Waals surface area contributed by atoms with Gasteiger partial charge in [0.05, 0.1) is 17.2 Å². The molecule has 0 radical (unpaired) electrons. The van der Waals surface area contributed by atoms with E-state index in [1.165, 1.54) is 0 Å². The Kier molecular flexibility index (Phi) is 5.71. The van der Waals surface area contributed by atoms with Crippen LogP contribution in [0, 0.1) is 0 Å². The Hall–Kier alpha value is -3.11. The molecule has 0 aromatic heterocycles. The number of likely N-dealkylation sites (tertiary alicyclic amines) is 1. The van der Waals surface area contributed by atoms with Crippen molar-refractivity contribution in [2.24, 2.45) is 0 Å². The molecule has 1 aromatic rings. The molecule has 5 amide bonds. The fraction of sp³-hybridized carbons (Fsp3) is 0.522. The van der Waals surface area contributed by atoms with Crippen LogP contribution in [-0.4, -0.2) is 89.0 Å². The van der Waals surface area contributed by atoms with Crippen molar-refractivity contribution >= 4 is 29.5 Å². The molecule has 1 unspecified atom stereocenters. The summed E-state index contributed by atoms with van der Waals surface area (Å²) in [6.07, 6.45) is 1.97. The first-order valence-electron chi connectivity index (χ1n) is 11.5.